The molecule has 1 unspecified atom stereocenters. The van der Waals surface area contributed by atoms with Gasteiger partial charge in [-0.2, -0.15) is 0 Å². The lowest BCUT2D eigenvalue weighted by Gasteiger charge is -2.24. The molecule has 0 radical (unpaired) electrons. The summed E-state index contributed by atoms with van der Waals surface area (Å²) in [5, 5.41) is 2.73. The average molecular weight is 400 g/mol. The molecule has 28 heavy (non-hydrogen) atoms. The fourth-order valence-corrected chi connectivity index (χ4v) is 3.16. The van der Waals surface area contributed by atoms with Crippen LogP contribution in [-0.4, -0.2) is 43.3 Å². The highest BCUT2D eigenvalue weighted by atomic mass is 16.5. The van der Waals surface area contributed by atoms with E-state index in [9.17, 15) is 9.59 Å². The standard InChI is InChI=1S/C22H45N3O3/c1-4-6-7-8-9-10-11-12-13-14-15-16-17-18-20(26)24-22(23)25(3)19-21(27)28-5-2/h22H,4-19,23H2,1-3H3,(H,24,26). The molecule has 0 aromatic heterocycles. The van der Waals surface area contributed by atoms with Crippen molar-refractivity contribution in [2.45, 2.75) is 110 Å². The third-order valence-electron chi connectivity index (χ3n) is 4.97. The van der Waals surface area contributed by atoms with Crippen molar-refractivity contribution in [1.29, 1.82) is 0 Å². The first kappa shape index (κ1) is 26.9. The molecule has 0 aliphatic heterocycles. The highest BCUT2D eigenvalue weighted by molar-refractivity contribution is 5.76. The van der Waals surface area contributed by atoms with E-state index in [2.05, 4.69) is 12.2 Å². The maximum absolute atomic E-state index is 11.9. The summed E-state index contributed by atoms with van der Waals surface area (Å²) in [6.45, 7) is 4.42. The zero-order valence-corrected chi connectivity index (χ0v) is 18.6. The molecule has 0 fully saturated rings. The number of nitrogens with zero attached hydrogens (tertiary/aromatic N) is 1. The average Bonchev–Trinajstić information content (AvgIpc) is 2.65. The van der Waals surface area contributed by atoms with E-state index >= 15 is 0 Å². The molecule has 0 heterocycles. The van der Waals surface area contributed by atoms with E-state index in [-0.39, 0.29) is 18.4 Å². The van der Waals surface area contributed by atoms with Gasteiger partial charge in [0.25, 0.3) is 0 Å². The SMILES string of the molecule is CCCCCCCCCCCCCCCC(=O)NC(N)N(C)CC(=O)OCC. The van der Waals surface area contributed by atoms with E-state index in [1.165, 1.54) is 70.6 Å². The minimum absolute atomic E-state index is 0.0635. The quantitative estimate of drug-likeness (QED) is 0.192. The van der Waals surface area contributed by atoms with Crippen LogP contribution in [0.25, 0.3) is 0 Å². The molecule has 0 aromatic rings. The third-order valence-corrected chi connectivity index (χ3v) is 4.97. The number of likely N-dealkylation sites (N-methyl/N-ethyl adjacent to an activating group) is 1. The molecule has 0 bridgehead atoms. The van der Waals surface area contributed by atoms with E-state index in [0.717, 1.165) is 12.8 Å². The molecule has 166 valence electrons. The predicted molar refractivity (Wildman–Crippen MR) is 116 cm³/mol. The number of nitrogens with two attached hydrogens (primary N) is 1. The van der Waals surface area contributed by atoms with E-state index in [1.807, 2.05) is 0 Å². The molecule has 0 saturated heterocycles. The van der Waals surface area contributed by atoms with Crippen LogP contribution in [-0.2, 0) is 14.3 Å². The Kier molecular flexibility index (Phi) is 18.4. The molecule has 1 amide bonds. The van der Waals surface area contributed by atoms with Gasteiger partial charge in [-0.15, -0.1) is 0 Å². The fraction of sp³-hybridized carbons (Fsp3) is 0.909. The van der Waals surface area contributed by atoms with E-state index < -0.39 is 6.29 Å². The summed E-state index contributed by atoms with van der Waals surface area (Å²) >= 11 is 0. The highest BCUT2D eigenvalue weighted by Crippen LogP contribution is 2.12. The number of nitrogens with one attached hydrogen (secondary N) is 1. The van der Waals surface area contributed by atoms with Crippen LogP contribution in [0.5, 0.6) is 0 Å². The molecule has 0 rings (SSSR count). The molecular formula is C22H45N3O3. The molecule has 3 N–H and O–H groups in total. The van der Waals surface area contributed by atoms with E-state index in [1.54, 1.807) is 18.9 Å². The lowest BCUT2D eigenvalue weighted by atomic mass is 10.0. The Balaban J connectivity index is 3.48. The summed E-state index contributed by atoms with van der Waals surface area (Å²) < 4.78 is 4.87. The third kappa shape index (κ3) is 17.0. The lowest BCUT2D eigenvalue weighted by molar-refractivity contribution is -0.145. The normalized spacial score (nSPS) is 12.2. The molecule has 0 aliphatic carbocycles. The lowest BCUT2D eigenvalue weighted by Crippen LogP contribution is -2.53. The van der Waals surface area contributed by atoms with E-state index in [0.29, 0.717) is 13.0 Å². The first-order valence-corrected chi connectivity index (χ1v) is 11.4. The zero-order valence-electron chi connectivity index (χ0n) is 18.6. The van der Waals surface area contributed by atoms with Gasteiger partial charge in [0.05, 0.1) is 13.2 Å². The number of hydrogen-bond acceptors (Lipinski definition) is 5. The number of amides is 1. The monoisotopic (exact) mass is 399 g/mol. The topological polar surface area (TPSA) is 84.7 Å². The van der Waals surface area contributed by atoms with Crippen molar-refractivity contribution in [1.82, 2.24) is 10.2 Å². The van der Waals surface area contributed by atoms with Gasteiger partial charge in [-0.05, 0) is 20.4 Å². The first-order valence-electron chi connectivity index (χ1n) is 11.4. The molecule has 0 spiro atoms. The first-order chi connectivity index (χ1) is 13.5. The number of hydrogen-bond donors (Lipinski definition) is 2. The Labute approximate surface area is 172 Å². The highest BCUT2D eigenvalue weighted by Gasteiger charge is 2.15. The Bertz CT molecular complexity index is 391. The maximum atomic E-state index is 11.9. The van der Waals surface area contributed by atoms with Crippen molar-refractivity contribution in [2.24, 2.45) is 5.73 Å². The number of carbonyl (C=O) groups excluding carboxylic acids is 2. The largest absolute Gasteiger partial charge is 0.465 e. The van der Waals surface area contributed by atoms with Crippen molar-refractivity contribution >= 4 is 11.9 Å². The van der Waals surface area contributed by atoms with Gasteiger partial charge in [0.15, 0.2) is 0 Å². The Hall–Kier alpha value is -1.14. The van der Waals surface area contributed by atoms with Gasteiger partial charge >= 0.3 is 5.97 Å². The number of unbranched alkanes of at least 4 members (excludes halogenated alkanes) is 12. The summed E-state index contributed by atoms with van der Waals surface area (Å²) in [6.07, 6.45) is 16.5. The summed E-state index contributed by atoms with van der Waals surface area (Å²) in [7, 11) is 1.69. The van der Waals surface area contributed by atoms with Crippen LogP contribution in [0.3, 0.4) is 0 Å². The molecule has 0 aliphatic rings. The molecule has 6 heteroatoms. The maximum Gasteiger partial charge on any atom is 0.320 e. The summed E-state index contributed by atoms with van der Waals surface area (Å²) in [4.78, 5) is 24.9. The van der Waals surface area contributed by atoms with Crippen LogP contribution >= 0.6 is 0 Å². The van der Waals surface area contributed by atoms with Gasteiger partial charge in [-0.3, -0.25) is 20.2 Å². The second-order valence-corrected chi connectivity index (χ2v) is 7.73. The summed E-state index contributed by atoms with van der Waals surface area (Å²) in [5.74, 6) is -0.405. The minimum atomic E-state index is -0.668. The van der Waals surface area contributed by atoms with Crippen LogP contribution in [0.15, 0.2) is 0 Å². The van der Waals surface area contributed by atoms with Crippen molar-refractivity contribution in [3.8, 4) is 0 Å². The molecule has 6 nitrogen and oxygen atoms in total. The predicted octanol–water partition coefficient (Wildman–Crippen LogP) is 4.32. The second-order valence-electron chi connectivity index (χ2n) is 7.73. The zero-order chi connectivity index (χ0) is 21.0. The van der Waals surface area contributed by atoms with Crippen molar-refractivity contribution in [3.05, 3.63) is 0 Å². The van der Waals surface area contributed by atoms with Crippen molar-refractivity contribution in [2.75, 3.05) is 20.2 Å². The van der Waals surface area contributed by atoms with Gasteiger partial charge in [0, 0.05) is 6.42 Å². The van der Waals surface area contributed by atoms with Gasteiger partial charge in [-0.25, -0.2) is 0 Å². The molecular weight excluding hydrogens is 354 g/mol. The molecule has 1 atom stereocenters. The smallest absolute Gasteiger partial charge is 0.320 e. The van der Waals surface area contributed by atoms with Gasteiger partial charge < -0.3 is 10.1 Å². The van der Waals surface area contributed by atoms with E-state index in [4.69, 9.17) is 10.5 Å². The van der Waals surface area contributed by atoms with Gasteiger partial charge in [0.2, 0.25) is 5.91 Å². The Morgan fingerprint density at radius 1 is 0.857 bits per heavy atom. The molecule has 0 saturated carbocycles. The molecule has 0 aromatic carbocycles. The van der Waals surface area contributed by atoms with Crippen LogP contribution in [0.1, 0.15) is 104 Å². The Morgan fingerprint density at radius 3 is 1.79 bits per heavy atom. The van der Waals surface area contributed by atoms with Crippen LogP contribution in [0.4, 0.5) is 0 Å². The Morgan fingerprint density at radius 2 is 1.32 bits per heavy atom. The van der Waals surface area contributed by atoms with Gasteiger partial charge in [0.1, 0.15) is 6.29 Å². The summed E-state index contributed by atoms with van der Waals surface area (Å²) in [6, 6.07) is 0. The fourth-order valence-electron chi connectivity index (χ4n) is 3.16. The number of carbonyl (C=O) groups is 2. The van der Waals surface area contributed by atoms with Crippen LogP contribution < -0.4 is 11.1 Å². The van der Waals surface area contributed by atoms with Gasteiger partial charge in [-0.1, -0.05) is 84.0 Å². The van der Waals surface area contributed by atoms with Crippen molar-refractivity contribution in [3.63, 3.8) is 0 Å². The number of esters is 1. The number of ether oxygens (including phenoxy) is 1. The number of rotatable bonds is 19. The van der Waals surface area contributed by atoms with Crippen LogP contribution in [0.2, 0.25) is 0 Å². The second kappa shape index (κ2) is 19.2. The van der Waals surface area contributed by atoms with Crippen LogP contribution in [0, 0.1) is 0 Å². The minimum Gasteiger partial charge on any atom is -0.465 e. The van der Waals surface area contributed by atoms with Crippen molar-refractivity contribution < 1.29 is 14.3 Å². The summed E-state index contributed by atoms with van der Waals surface area (Å²) in [5.41, 5.74) is 5.89.